The van der Waals surface area contributed by atoms with Gasteiger partial charge < -0.3 is 19.4 Å². The minimum absolute atomic E-state index is 0.0790. The first-order valence-electron chi connectivity index (χ1n) is 10.0. The molecule has 30 heavy (non-hydrogen) atoms. The fourth-order valence-electron chi connectivity index (χ4n) is 3.45. The molecule has 0 saturated carbocycles. The topological polar surface area (TPSA) is 63.5 Å². The van der Waals surface area contributed by atoms with Crippen LogP contribution < -0.4 is 4.74 Å². The van der Waals surface area contributed by atoms with Crippen molar-refractivity contribution < 1.29 is 19.4 Å². The number of oxime groups is 1. The highest BCUT2D eigenvalue weighted by molar-refractivity contribution is 6.01. The molecular weight excluding hydrogens is 380 g/mol. The molecule has 1 aliphatic rings. The Morgan fingerprint density at radius 3 is 2.87 bits per heavy atom. The second kappa shape index (κ2) is 11.4. The first kappa shape index (κ1) is 21.8. The van der Waals surface area contributed by atoms with E-state index in [0.29, 0.717) is 19.6 Å². The number of rotatable bonds is 11. The highest BCUT2D eigenvalue weighted by atomic mass is 16.6. The van der Waals surface area contributed by atoms with Crippen LogP contribution in [0.5, 0.6) is 5.75 Å². The first-order valence-corrected chi connectivity index (χ1v) is 10.0. The van der Waals surface area contributed by atoms with E-state index in [1.807, 2.05) is 54.6 Å². The molecule has 0 unspecified atom stereocenters. The number of benzene rings is 2. The Bertz CT molecular complexity index is 863. The normalized spacial score (nSPS) is 16.6. The Kier molecular flexibility index (Phi) is 8.28. The molecule has 1 aliphatic heterocycles. The van der Waals surface area contributed by atoms with Gasteiger partial charge in [-0.15, -0.1) is 6.42 Å². The summed E-state index contributed by atoms with van der Waals surface area (Å²) < 4.78 is 10.6. The van der Waals surface area contributed by atoms with E-state index < -0.39 is 6.10 Å². The summed E-state index contributed by atoms with van der Waals surface area (Å²) in [5.41, 5.74) is 3.11. The van der Waals surface area contributed by atoms with Crippen LogP contribution in [0.1, 0.15) is 17.5 Å². The molecule has 2 aromatic rings. The monoisotopic (exact) mass is 408 g/mol. The summed E-state index contributed by atoms with van der Waals surface area (Å²) in [4.78, 5) is 7.84. The second-order valence-electron chi connectivity index (χ2n) is 7.25. The Morgan fingerprint density at radius 2 is 2.10 bits per heavy atom. The van der Waals surface area contributed by atoms with Crippen molar-refractivity contribution >= 4 is 5.71 Å². The van der Waals surface area contributed by atoms with E-state index in [-0.39, 0.29) is 19.3 Å². The van der Waals surface area contributed by atoms with E-state index in [9.17, 15) is 5.11 Å². The fraction of sp³-hybridized carbons (Fsp3) is 0.375. The third-order valence-electron chi connectivity index (χ3n) is 4.81. The molecule has 1 heterocycles. The van der Waals surface area contributed by atoms with Crippen molar-refractivity contribution in [3.8, 4) is 18.1 Å². The van der Waals surface area contributed by atoms with Crippen LogP contribution in [0.2, 0.25) is 0 Å². The van der Waals surface area contributed by atoms with Crippen LogP contribution in [0.3, 0.4) is 0 Å². The average Bonchev–Trinajstić information content (AvgIpc) is 3.23. The van der Waals surface area contributed by atoms with Gasteiger partial charge in [0.25, 0.3) is 0 Å². The lowest BCUT2D eigenvalue weighted by atomic mass is 10.0. The molecule has 0 bridgehead atoms. The molecular formula is C24H28N2O4. The molecule has 0 aliphatic carbocycles. The van der Waals surface area contributed by atoms with E-state index in [0.717, 1.165) is 29.0 Å². The number of methoxy groups -OCH3 is 1. The maximum Gasteiger partial charge on any atom is 0.145 e. The molecule has 3 rings (SSSR count). The molecule has 158 valence electrons. The quantitative estimate of drug-likeness (QED) is 0.458. The molecule has 0 fully saturated rings. The van der Waals surface area contributed by atoms with Crippen LogP contribution in [0.25, 0.3) is 0 Å². The standard InChI is InChI=1S/C24H28N2O4/c1-3-12-29-18-21(27)16-26(15-19-8-7-11-22(13-19)28-2)17-23-14-24(25-30-23)20-9-5-4-6-10-20/h1,4-11,13,21,23,27H,12,14-18H2,2H3/t21-,23+/m1/s1. The number of terminal acetylenes is 1. The summed E-state index contributed by atoms with van der Waals surface area (Å²) in [5, 5.41) is 14.7. The van der Waals surface area contributed by atoms with E-state index in [2.05, 4.69) is 16.0 Å². The smallest absolute Gasteiger partial charge is 0.145 e. The summed E-state index contributed by atoms with van der Waals surface area (Å²) in [6.07, 6.45) is 5.20. The van der Waals surface area contributed by atoms with Crippen molar-refractivity contribution in [2.24, 2.45) is 5.16 Å². The van der Waals surface area contributed by atoms with Crippen LogP contribution in [-0.4, -0.2) is 61.3 Å². The highest BCUT2D eigenvalue weighted by Gasteiger charge is 2.25. The van der Waals surface area contributed by atoms with Gasteiger partial charge in [0.2, 0.25) is 0 Å². The summed E-state index contributed by atoms with van der Waals surface area (Å²) in [6.45, 7) is 2.08. The minimum atomic E-state index is -0.653. The SMILES string of the molecule is C#CCOC[C@H](O)CN(Cc1cccc(OC)c1)C[C@@H]1CC(c2ccccc2)=NO1. The van der Waals surface area contributed by atoms with Gasteiger partial charge in [-0.2, -0.15) is 0 Å². The molecule has 1 N–H and O–H groups in total. The average molecular weight is 408 g/mol. The second-order valence-corrected chi connectivity index (χ2v) is 7.25. The summed E-state index contributed by atoms with van der Waals surface area (Å²) in [7, 11) is 1.65. The maximum atomic E-state index is 10.4. The lowest BCUT2D eigenvalue weighted by Gasteiger charge is -2.27. The first-order chi connectivity index (χ1) is 14.7. The fourth-order valence-corrected chi connectivity index (χ4v) is 3.45. The molecule has 0 spiro atoms. The Hall–Kier alpha value is -2.85. The minimum Gasteiger partial charge on any atom is -0.497 e. The van der Waals surface area contributed by atoms with Crippen molar-refractivity contribution in [3.05, 3.63) is 65.7 Å². The van der Waals surface area contributed by atoms with Gasteiger partial charge >= 0.3 is 0 Å². The maximum absolute atomic E-state index is 10.4. The lowest BCUT2D eigenvalue weighted by molar-refractivity contribution is 0.00417. The Balaban J connectivity index is 1.62. The van der Waals surface area contributed by atoms with Crippen molar-refractivity contribution in [2.75, 3.05) is 33.4 Å². The van der Waals surface area contributed by atoms with E-state index in [4.69, 9.17) is 20.7 Å². The zero-order valence-electron chi connectivity index (χ0n) is 17.2. The van der Waals surface area contributed by atoms with Gasteiger partial charge in [0, 0.05) is 26.1 Å². The molecule has 0 amide bonds. The largest absolute Gasteiger partial charge is 0.497 e. The van der Waals surface area contributed by atoms with Crippen LogP contribution in [0.4, 0.5) is 0 Å². The van der Waals surface area contributed by atoms with Crippen LogP contribution in [0.15, 0.2) is 59.8 Å². The van der Waals surface area contributed by atoms with Gasteiger partial charge in [-0.3, -0.25) is 4.90 Å². The predicted molar refractivity (Wildman–Crippen MR) is 116 cm³/mol. The summed E-state index contributed by atoms with van der Waals surface area (Å²) >= 11 is 0. The third kappa shape index (κ3) is 6.60. The van der Waals surface area contributed by atoms with E-state index in [1.165, 1.54) is 0 Å². The molecule has 6 nitrogen and oxygen atoms in total. The van der Waals surface area contributed by atoms with Gasteiger partial charge in [0.05, 0.1) is 25.5 Å². The number of aliphatic hydroxyl groups excluding tert-OH is 1. The predicted octanol–water partition coefficient (Wildman–Crippen LogP) is 2.70. The number of hydrogen-bond acceptors (Lipinski definition) is 6. The molecule has 2 atom stereocenters. The van der Waals surface area contributed by atoms with Crippen LogP contribution in [0, 0.1) is 12.3 Å². The zero-order valence-corrected chi connectivity index (χ0v) is 17.2. The summed E-state index contributed by atoms with van der Waals surface area (Å²) in [6, 6.07) is 17.9. The Morgan fingerprint density at radius 1 is 1.27 bits per heavy atom. The van der Waals surface area contributed by atoms with Gasteiger partial charge in [-0.25, -0.2) is 0 Å². The molecule has 0 radical (unpaired) electrons. The van der Waals surface area contributed by atoms with Crippen LogP contribution >= 0.6 is 0 Å². The van der Waals surface area contributed by atoms with Gasteiger partial charge in [-0.05, 0) is 23.3 Å². The number of nitrogens with zero attached hydrogens (tertiary/aromatic N) is 2. The van der Waals surface area contributed by atoms with Gasteiger partial charge in [0.15, 0.2) is 0 Å². The van der Waals surface area contributed by atoms with E-state index in [1.54, 1.807) is 7.11 Å². The van der Waals surface area contributed by atoms with Gasteiger partial charge in [0.1, 0.15) is 18.5 Å². The molecule has 0 aromatic heterocycles. The van der Waals surface area contributed by atoms with Crippen LogP contribution in [-0.2, 0) is 16.1 Å². The number of ether oxygens (including phenoxy) is 2. The lowest BCUT2D eigenvalue weighted by Crippen LogP contribution is -2.39. The summed E-state index contributed by atoms with van der Waals surface area (Å²) in [5.74, 6) is 3.21. The Labute approximate surface area is 178 Å². The van der Waals surface area contributed by atoms with Crippen molar-refractivity contribution in [1.29, 1.82) is 0 Å². The molecule has 6 heteroatoms. The van der Waals surface area contributed by atoms with E-state index >= 15 is 0 Å². The van der Waals surface area contributed by atoms with Crippen molar-refractivity contribution in [2.45, 2.75) is 25.2 Å². The van der Waals surface area contributed by atoms with Crippen molar-refractivity contribution in [1.82, 2.24) is 4.90 Å². The molecule has 0 saturated heterocycles. The van der Waals surface area contributed by atoms with Crippen molar-refractivity contribution in [3.63, 3.8) is 0 Å². The number of hydrogen-bond donors (Lipinski definition) is 1. The highest BCUT2D eigenvalue weighted by Crippen LogP contribution is 2.20. The molecule has 2 aromatic carbocycles. The van der Waals surface area contributed by atoms with Gasteiger partial charge in [-0.1, -0.05) is 53.5 Å². The number of aliphatic hydroxyl groups is 1. The third-order valence-corrected chi connectivity index (χ3v) is 4.81. The zero-order chi connectivity index (χ0) is 21.2.